The van der Waals surface area contributed by atoms with Gasteiger partial charge in [0.25, 0.3) is 5.91 Å². The molecule has 2 aromatic heterocycles. The fraction of sp³-hybridized carbons (Fsp3) is 0.630. The van der Waals surface area contributed by atoms with Crippen LogP contribution in [0.4, 0.5) is 9.93 Å². The highest BCUT2D eigenvalue weighted by Gasteiger charge is 2.54. The predicted molar refractivity (Wildman–Crippen MR) is 169 cm³/mol. The molecule has 5 rings (SSSR count). The van der Waals surface area contributed by atoms with Crippen LogP contribution >= 0.6 is 34.9 Å². The highest BCUT2D eigenvalue weighted by atomic mass is 32.2. The second-order valence-electron chi connectivity index (χ2n) is 11.3. The minimum Gasteiger partial charge on any atom is -0.431 e. The molecule has 2 aliphatic heterocycles. The molecule has 0 bridgehead atoms. The first-order valence-corrected chi connectivity index (χ1v) is 17.8. The molecule has 1 aliphatic carbocycles. The van der Waals surface area contributed by atoms with Crippen molar-refractivity contribution in [2.45, 2.75) is 81.0 Å². The zero-order valence-electron chi connectivity index (χ0n) is 25.7. The molecule has 4 heterocycles. The Morgan fingerprint density at radius 3 is 2.72 bits per heavy atom. The molecular formula is C27H37N9O7S3. The molecule has 0 aromatic carbocycles. The van der Waals surface area contributed by atoms with Crippen LogP contribution in [0, 0.1) is 0 Å². The number of nitrogens with one attached hydrogen (secondary N) is 1. The lowest BCUT2D eigenvalue weighted by Crippen LogP contribution is -2.70. The number of anilines is 1. The van der Waals surface area contributed by atoms with Gasteiger partial charge in [0.05, 0.1) is 18.7 Å². The number of ether oxygens (including phenoxy) is 3. The van der Waals surface area contributed by atoms with Gasteiger partial charge in [0.1, 0.15) is 23.2 Å². The second-order valence-corrected chi connectivity index (χ2v) is 14.2. The van der Waals surface area contributed by atoms with Crippen molar-refractivity contribution in [2.75, 3.05) is 37.9 Å². The van der Waals surface area contributed by atoms with Gasteiger partial charge in [-0.25, -0.2) is 19.3 Å². The molecule has 3 N–H and O–H groups in total. The number of fused-ring (bicyclic) bond motifs is 1. The van der Waals surface area contributed by atoms with Gasteiger partial charge in [0, 0.05) is 30.4 Å². The fourth-order valence-electron chi connectivity index (χ4n) is 5.18. The minimum atomic E-state index is -1.27. The number of carbonyl (C=O) groups is 4. The Balaban J connectivity index is 1.27. The van der Waals surface area contributed by atoms with Gasteiger partial charge in [-0.15, -0.1) is 28.2 Å². The Labute approximate surface area is 278 Å². The van der Waals surface area contributed by atoms with Gasteiger partial charge in [-0.3, -0.25) is 14.5 Å². The van der Waals surface area contributed by atoms with Crippen molar-refractivity contribution in [1.29, 1.82) is 0 Å². The van der Waals surface area contributed by atoms with E-state index in [9.17, 15) is 19.2 Å². The Morgan fingerprint density at radius 1 is 1.22 bits per heavy atom. The third kappa shape index (κ3) is 8.48. The molecule has 250 valence electrons. The summed E-state index contributed by atoms with van der Waals surface area (Å²) in [5.41, 5.74) is 6.83. The van der Waals surface area contributed by atoms with Gasteiger partial charge in [-0.05, 0) is 55.8 Å². The first-order chi connectivity index (χ1) is 22.1. The largest absolute Gasteiger partial charge is 0.511 e. The molecule has 0 spiro atoms. The Bertz CT molecular complexity index is 1460. The molecule has 16 nitrogen and oxygen atoms in total. The SMILES string of the molecule is CC(OC(=O)OC1CCCCC1)OC(=O)C1=C(CSc2nnnn2CCN(C)C)CS[C@H]2[C@H](NC(=O)Cc3csc(N)n3)C(=O)N12. The number of aromatic nitrogens is 5. The first-order valence-electron chi connectivity index (χ1n) is 14.9. The van der Waals surface area contributed by atoms with E-state index in [-0.39, 0.29) is 29.9 Å². The number of nitrogens with two attached hydrogens (primary N) is 1. The predicted octanol–water partition coefficient (Wildman–Crippen LogP) is 1.64. The lowest BCUT2D eigenvalue weighted by Gasteiger charge is -2.49. The maximum Gasteiger partial charge on any atom is 0.511 e. The summed E-state index contributed by atoms with van der Waals surface area (Å²) in [5, 5.41) is 16.8. The maximum atomic E-state index is 13.6. The van der Waals surface area contributed by atoms with E-state index in [1.54, 1.807) is 10.1 Å². The van der Waals surface area contributed by atoms with E-state index >= 15 is 0 Å². The summed E-state index contributed by atoms with van der Waals surface area (Å²) in [5.74, 6) is -1.01. The van der Waals surface area contributed by atoms with E-state index in [0.717, 1.165) is 38.6 Å². The number of tetrazole rings is 1. The number of nitrogens with zero attached hydrogens (tertiary/aromatic N) is 7. The van der Waals surface area contributed by atoms with Gasteiger partial charge < -0.3 is 30.2 Å². The van der Waals surface area contributed by atoms with Crippen LogP contribution in [-0.4, -0.2) is 115 Å². The van der Waals surface area contributed by atoms with E-state index < -0.39 is 35.7 Å². The molecule has 2 fully saturated rings. The Hall–Kier alpha value is -3.42. The molecule has 0 radical (unpaired) electrons. The quantitative estimate of drug-likeness (QED) is 0.133. The molecule has 2 amide bonds. The van der Waals surface area contributed by atoms with E-state index in [1.165, 1.54) is 46.7 Å². The molecule has 46 heavy (non-hydrogen) atoms. The van der Waals surface area contributed by atoms with Crippen molar-refractivity contribution >= 4 is 63.9 Å². The van der Waals surface area contributed by atoms with E-state index in [1.807, 2.05) is 19.0 Å². The summed E-state index contributed by atoms with van der Waals surface area (Å²) in [6.45, 7) is 2.70. The second kappa shape index (κ2) is 15.4. The van der Waals surface area contributed by atoms with Crippen LogP contribution in [0.15, 0.2) is 21.8 Å². The highest BCUT2D eigenvalue weighted by Crippen LogP contribution is 2.42. The third-order valence-electron chi connectivity index (χ3n) is 7.45. The van der Waals surface area contributed by atoms with Crippen molar-refractivity contribution in [3.05, 3.63) is 22.3 Å². The summed E-state index contributed by atoms with van der Waals surface area (Å²) >= 11 is 3.97. The van der Waals surface area contributed by atoms with Gasteiger partial charge >= 0.3 is 12.1 Å². The number of hydrogen-bond donors (Lipinski definition) is 2. The monoisotopic (exact) mass is 695 g/mol. The number of β-lactam (4-membered cyclic amide) rings is 1. The van der Waals surface area contributed by atoms with Gasteiger partial charge in [0.15, 0.2) is 5.13 Å². The van der Waals surface area contributed by atoms with Gasteiger partial charge in [-0.1, -0.05) is 18.2 Å². The zero-order valence-corrected chi connectivity index (χ0v) is 28.2. The zero-order chi connectivity index (χ0) is 32.8. The lowest BCUT2D eigenvalue weighted by molar-refractivity contribution is -0.170. The number of thiazole rings is 1. The van der Waals surface area contributed by atoms with Crippen LogP contribution in [0.5, 0.6) is 0 Å². The normalized spacial score (nSPS) is 20.6. The Kier molecular flexibility index (Phi) is 11.4. The van der Waals surface area contributed by atoms with Crippen LogP contribution in [0.3, 0.4) is 0 Å². The number of amides is 2. The van der Waals surface area contributed by atoms with Crippen molar-refractivity contribution in [3.63, 3.8) is 0 Å². The summed E-state index contributed by atoms with van der Waals surface area (Å²) in [7, 11) is 3.90. The minimum absolute atomic E-state index is 0.0319. The standard InChI is InChI=1S/C27H37N9O7S3/c1-15(42-27(40)43-18-7-5-4-6-8-18)41-24(39)21-16(13-46-26-31-32-33-35(26)10-9-34(2)3)12-44-23-20(22(38)36(21)23)30-19(37)11-17-14-45-25(28)29-17/h14-15,18,20,23H,4-13H2,1-3H3,(H2,28,29)(H,30,37)/t15?,20-,23+/m1/s1. The molecule has 19 heteroatoms. The third-order valence-corrected chi connectivity index (χ3v) is 10.6. The highest BCUT2D eigenvalue weighted by molar-refractivity contribution is 8.01. The molecule has 1 unspecified atom stereocenters. The van der Waals surface area contributed by atoms with E-state index in [2.05, 4.69) is 25.8 Å². The van der Waals surface area contributed by atoms with Crippen molar-refractivity contribution < 1.29 is 33.4 Å². The van der Waals surface area contributed by atoms with Crippen molar-refractivity contribution in [2.24, 2.45) is 0 Å². The van der Waals surface area contributed by atoms with Crippen LogP contribution in [0.1, 0.15) is 44.7 Å². The van der Waals surface area contributed by atoms with Crippen LogP contribution < -0.4 is 11.1 Å². The molecule has 3 aliphatic rings. The molecular weight excluding hydrogens is 659 g/mol. The molecule has 2 aromatic rings. The van der Waals surface area contributed by atoms with E-state index in [4.69, 9.17) is 19.9 Å². The van der Waals surface area contributed by atoms with E-state index in [0.29, 0.717) is 33.9 Å². The van der Waals surface area contributed by atoms with Crippen molar-refractivity contribution in [3.8, 4) is 0 Å². The number of nitrogen functional groups attached to an aromatic ring is 1. The lowest BCUT2D eigenvalue weighted by atomic mass is 9.98. The summed E-state index contributed by atoms with van der Waals surface area (Å²) < 4.78 is 17.8. The average molecular weight is 696 g/mol. The summed E-state index contributed by atoms with van der Waals surface area (Å²) in [6.07, 6.45) is 2.14. The number of hydrogen-bond acceptors (Lipinski definition) is 16. The van der Waals surface area contributed by atoms with Crippen molar-refractivity contribution in [1.82, 2.24) is 40.3 Å². The number of likely N-dealkylation sites (N-methyl/N-ethyl adjacent to an activating group) is 1. The maximum absolute atomic E-state index is 13.6. The van der Waals surface area contributed by atoms with Gasteiger partial charge in [0.2, 0.25) is 17.4 Å². The van der Waals surface area contributed by atoms with Crippen LogP contribution in [0.25, 0.3) is 0 Å². The Morgan fingerprint density at radius 2 is 2.00 bits per heavy atom. The molecule has 1 saturated carbocycles. The van der Waals surface area contributed by atoms with Crippen LogP contribution in [-0.2, 0) is 41.6 Å². The molecule has 1 saturated heterocycles. The number of esters is 1. The smallest absolute Gasteiger partial charge is 0.431 e. The fourth-order valence-corrected chi connectivity index (χ4v) is 8.13. The number of thioether (sulfide) groups is 2. The molecule has 3 atom stereocenters. The van der Waals surface area contributed by atoms with Gasteiger partial charge in [-0.2, -0.15) is 0 Å². The number of rotatable bonds is 13. The van der Waals surface area contributed by atoms with Crippen LogP contribution in [0.2, 0.25) is 0 Å². The summed E-state index contributed by atoms with van der Waals surface area (Å²) in [4.78, 5) is 59.6. The topological polar surface area (TPSA) is 197 Å². The first kappa shape index (κ1) is 33.9. The summed E-state index contributed by atoms with van der Waals surface area (Å²) in [6, 6.07) is -0.844. The average Bonchev–Trinajstić information content (AvgIpc) is 3.65. The number of carbonyl (C=O) groups excluding carboxylic acids is 4.